The van der Waals surface area contributed by atoms with Gasteiger partial charge in [0.2, 0.25) is 0 Å². The van der Waals surface area contributed by atoms with Crippen molar-refractivity contribution in [2.45, 2.75) is 63.9 Å². The second-order valence-corrected chi connectivity index (χ2v) is 8.99. The molecule has 3 saturated carbocycles. The minimum absolute atomic E-state index is 0.106. The molecule has 160 valence electrons. The summed E-state index contributed by atoms with van der Waals surface area (Å²) in [5.74, 6) is -1.49. The molecule has 29 heavy (non-hydrogen) atoms. The molecule has 1 aromatic carbocycles. The summed E-state index contributed by atoms with van der Waals surface area (Å²) >= 11 is 0. The van der Waals surface area contributed by atoms with E-state index in [0.717, 1.165) is 18.8 Å². The quantitative estimate of drug-likeness (QED) is 0.742. The van der Waals surface area contributed by atoms with E-state index in [2.05, 4.69) is 45.0 Å². The fourth-order valence-electron chi connectivity index (χ4n) is 5.06. The Labute approximate surface area is 168 Å². The molecule has 3 aliphatic carbocycles. The molecule has 5 nitrogen and oxygen atoms in total. The molecule has 0 radical (unpaired) electrons. The molecule has 5 unspecified atom stereocenters. The highest BCUT2D eigenvalue weighted by Gasteiger charge is 2.68. The summed E-state index contributed by atoms with van der Waals surface area (Å²) < 4.78 is 44.4. The zero-order valence-corrected chi connectivity index (χ0v) is 16.8. The van der Waals surface area contributed by atoms with Gasteiger partial charge in [-0.3, -0.25) is 0 Å². The van der Waals surface area contributed by atoms with E-state index in [1.54, 1.807) is 0 Å². The van der Waals surface area contributed by atoms with E-state index in [-0.39, 0.29) is 24.8 Å². The molecule has 9 heteroatoms. The highest BCUT2D eigenvalue weighted by molar-refractivity contribution is 6.47. The van der Waals surface area contributed by atoms with Gasteiger partial charge < -0.3 is 20.1 Å². The van der Waals surface area contributed by atoms with Gasteiger partial charge in [-0.1, -0.05) is 44.2 Å². The van der Waals surface area contributed by atoms with E-state index >= 15 is 0 Å². The number of carboxylic acid groups (broad SMARTS) is 1. The highest BCUT2D eigenvalue weighted by Crippen LogP contribution is 2.65. The van der Waals surface area contributed by atoms with E-state index in [0.29, 0.717) is 11.3 Å². The maximum atomic E-state index is 10.6. The first-order valence-corrected chi connectivity index (χ1v) is 9.78. The Morgan fingerprint density at radius 3 is 2.38 bits per heavy atom. The number of aliphatic carboxylic acids is 1. The van der Waals surface area contributed by atoms with Crippen LogP contribution in [0.2, 0.25) is 0 Å². The molecule has 5 rings (SSSR count). The van der Waals surface area contributed by atoms with Crippen LogP contribution in [0, 0.1) is 17.3 Å². The number of hydrogen-bond acceptors (Lipinski definition) is 4. The molecule has 3 N–H and O–H groups in total. The SMILES string of the molecule is CC1(C)C2CC3OB(C(N)Cc4ccccc4)OC3(C)C1C2.O=C(O)C(F)(F)F. The minimum Gasteiger partial charge on any atom is -0.475 e. The van der Waals surface area contributed by atoms with Crippen molar-refractivity contribution >= 4 is 13.1 Å². The Bertz CT molecular complexity index is 745. The molecule has 1 aliphatic heterocycles. The molecule has 1 heterocycles. The van der Waals surface area contributed by atoms with Gasteiger partial charge >= 0.3 is 19.3 Å². The average Bonchev–Trinajstić information content (AvgIpc) is 2.99. The molecule has 4 fully saturated rings. The molecule has 4 aliphatic rings. The summed E-state index contributed by atoms with van der Waals surface area (Å²) in [6.07, 6.45) is -1.67. The van der Waals surface area contributed by atoms with E-state index in [1.165, 1.54) is 12.0 Å². The van der Waals surface area contributed by atoms with Crippen LogP contribution < -0.4 is 5.73 Å². The van der Waals surface area contributed by atoms with Crippen molar-refractivity contribution in [2.75, 3.05) is 0 Å². The standard InChI is InChI=1S/C18H26BNO2.C2HF3O2/c1-17(2)13-10-14(17)18(3)15(11-13)21-19(22-18)16(20)9-12-7-5-4-6-8-12;3-2(4,5)1(6)7/h4-8,13-16H,9-11,20H2,1-3H3;(H,6,7). The van der Waals surface area contributed by atoms with E-state index < -0.39 is 12.1 Å². The van der Waals surface area contributed by atoms with E-state index in [4.69, 9.17) is 24.9 Å². The van der Waals surface area contributed by atoms with Crippen LogP contribution >= 0.6 is 0 Å². The fraction of sp³-hybridized carbons (Fsp3) is 0.650. The topological polar surface area (TPSA) is 81.8 Å². The van der Waals surface area contributed by atoms with Gasteiger partial charge in [0.05, 0.1) is 11.7 Å². The van der Waals surface area contributed by atoms with Crippen molar-refractivity contribution in [2.24, 2.45) is 23.0 Å². The van der Waals surface area contributed by atoms with Crippen LogP contribution in [0.1, 0.15) is 39.2 Å². The maximum absolute atomic E-state index is 10.6. The van der Waals surface area contributed by atoms with Crippen molar-refractivity contribution in [1.82, 2.24) is 0 Å². The molecule has 1 aromatic rings. The van der Waals surface area contributed by atoms with Gasteiger partial charge in [0.25, 0.3) is 0 Å². The van der Waals surface area contributed by atoms with Crippen LogP contribution in [-0.4, -0.2) is 42.0 Å². The maximum Gasteiger partial charge on any atom is 0.490 e. The minimum atomic E-state index is -5.08. The lowest BCUT2D eigenvalue weighted by atomic mass is 9.43. The number of alkyl halides is 3. The van der Waals surface area contributed by atoms with Gasteiger partial charge in [0.1, 0.15) is 0 Å². The Morgan fingerprint density at radius 1 is 1.28 bits per heavy atom. The Morgan fingerprint density at radius 2 is 1.86 bits per heavy atom. The second kappa shape index (κ2) is 7.59. The molecule has 0 amide bonds. The van der Waals surface area contributed by atoms with E-state index in [9.17, 15) is 13.2 Å². The number of carbonyl (C=O) groups is 1. The summed E-state index contributed by atoms with van der Waals surface area (Å²) in [4.78, 5) is 8.90. The van der Waals surface area contributed by atoms with E-state index in [1.807, 2.05) is 6.07 Å². The third-order valence-corrected chi connectivity index (χ3v) is 6.88. The van der Waals surface area contributed by atoms with Crippen LogP contribution in [0.5, 0.6) is 0 Å². The average molecular weight is 413 g/mol. The zero-order valence-electron chi connectivity index (χ0n) is 16.8. The monoisotopic (exact) mass is 413 g/mol. The number of nitrogens with two attached hydrogens (primary N) is 1. The molecule has 0 spiro atoms. The molecule has 2 bridgehead atoms. The third-order valence-electron chi connectivity index (χ3n) is 6.88. The first-order valence-electron chi connectivity index (χ1n) is 9.78. The van der Waals surface area contributed by atoms with Crippen LogP contribution in [0.3, 0.4) is 0 Å². The van der Waals surface area contributed by atoms with Crippen molar-refractivity contribution < 1.29 is 32.4 Å². The summed E-state index contributed by atoms with van der Waals surface area (Å²) in [5, 5.41) is 7.12. The van der Waals surface area contributed by atoms with Crippen molar-refractivity contribution in [3.05, 3.63) is 35.9 Å². The van der Waals surface area contributed by atoms with Gasteiger partial charge in [-0.25, -0.2) is 4.79 Å². The Balaban J connectivity index is 0.000000298. The number of benzene rings is 1. The lowest BCUT2D eigenvalue weighted by Gasteiger charge is -2.64. The summed E-state index contributed by atoms with van der Waals surface area (Å²) in [5.41, 5.74) is 7.87. The first-order chi connectivity index (χ1) is 13.4. The Kier molecular flexibility index (Phi) is 5.79. The normalized spacial score (nSPS) is 33.1. The zero-order chi connectivity index (χ0) is 21.6. The molecular weight excluding hydrogens is 386 g/mol. The molecule has 0 aromatic heterocycles. The van der Waals surface area contributed by atoms with Crippen molar-refractivity contribution in [3.8, 4) is 0 Å². The predicted octanol–water partition coefficient (Wildman–Crippen LogP) is 3.46. The number of halogens is 3. The van der Waals surface area contributed by atoms with Gasteiger partial charge in [-0.2, -0.15) is 13.2 Å². The Hall–Kier alpha value is -1.58. The smallest absolute Gasteiger partial charge is 0.475 e. The second-order valence-electron chi connectivity index (χ2n) is 8.99. The van der Waals surface area contributed by atoms with Crippen molar-refractivity contribution in [1.29, 1.82) is 0 Å². The van der Waals surface area contributed by atoms with Gasteiger partial charge in [-0.15, -0.1) is 0 Å². The predicted molar refractivity (Wildman–Crippen MR) is 102 cm³/mol. The molecular formula is C20H27BF3NO4. The number of rotatable bonds is 3. The third kappa shape index (κ3) is 4.18. The summed E-state index contributed by atoms with van der Waals surface area (Å²) in [7, 11) is -0.273. The van der Waals surface area contributed by atoms with Gasteiger partial charge in [-0.05, 0) is 49.0 Å². The summed E-state index contributed by atoms with van der Waals surface area (Å²) in [6, 6.07) is 10.4. The largest absolute Gasteiger partial charge is 0.490 e. The van der Waals surface area contributed by atoms with Gasteiger partial charge in [0.15, 0.2) is 0 Å². The van der Waals surface area contributed by atoms with Crippen LogP contribution in [0.15, 0.2) is 30.3 Å². The van der Waals surface area contributed by atoms with Crippen LogP contribution in [0.4, 0.5) is 13.2 Å². The highest BCUT2D eigenvalue weighted by atomic mass is 19.4. The lowest BCUT2D eigenvalue weighted by molar-refractivity contribution is -0.199. The molecule has 1 saturated heterocycles. The number of carboxylic acids is 1. The van der Waals surface area contributed by atoms with Crippen LogP contribution in [-0.2, 0) is 20.5 Å². The van der Waals surface area contributed by atoms with Crippen LogP contribution in [0.25, 0.3) is 0 Å². The number of hydrogen-bond donors (Lipinski definition) is 2. The summed E-state index contributed by atoms with van der Waals surface area (Å²) in [6.45, 7) is 7.01. The first kappa shape index (κ1) is 22.1. The van der Waals surface area contributed by atoms with Gasteiger partial charge in [0, 0.05) is 5.94 Å². The van der Waals surface area contributed by atoms with Crippen molar-refractivity contribution in [3.63, 3.8) is 0 Å². The lowest BCUT2D eigenvalue weighted by Crippen LogP contribution is -2.65. The fourth-order valence-corrected chi connectivity index (χ4v) is 5.06. The molecule has 5 atom stereocenters.